The second-order valence-electron chi connectivity index (χ2n) is 11.6. The fourth-order valence-corrected chi connectivity index (χ4v) is 7.37. The number of unbranched alkanes of at least 4 members (excludes halogenated alkanes) is 4. The van der Waals surface area contributed by atoms with E-state index in [-0.39, 0.29) is 11.9 Å². The summed E-state index contributed by atoms with van der Waals surface area (Å²) in [4.78, 5) is 12.7. The van der Waals surface area contributed by atoms with Gasteiger partial charge in [-0.1, -0.05) is 51.9 Å². The van der Waals surface area contributed by atoms with Crippen LogP contribution in [0.15, 0.2) is 24.3 Å². The van der Waals surface area contributed by atoms with Gasteiger partial charge >= 0.3 is 5.97 Å². The maximum atomic E-state index is 12.7. The summed E-state index contributed by atoms with van der Waals surface area (Å²) in [6.07, 6.45) is 21.7. The largest absolute Gasteiger partial charge is 0.426 e. The number of hydrogen-bond acceptors (Lipinski definition) is 3. The number of carbonyl (C=O) groups is 1. The molecule has 3 aliphatic carbocycles. The van der Waals surface area contributed by atoms with Gasteiger partial charge in [-0.2, -0.15) is 5.26 Å². The van der Waals surface area contributed by atoms with Gasteiger partial charge in [0.1, 0.15) is 5.75 Å². The van der Waals surface area contributed by atoms with Gasteiger partial charge in [-0.15, -0.1) is 0 Å². The maximum absolute atomic E-state index is 12.7. The molecule has 3 fully saturated rings. The number of fused-ring (bicyclic) bond motifs is 1. The number of nitriles is 1. The van der Waals surface area contributed by atoms with Gasteiger partial charge in [0.15, 0.2) is 0 Å². The Morgan fingerprint density at radius 2 is 1.44 bits per heavy atom. The average molecular weight is 464 g/mol. The number of nitrogens with zero attached hydrogens (tertiary/aromatic N) is 1. The van der Waals surface area contributed by atoms with E-state index < -0.39 is 0 Å². The molecule has 186 valence electrons. The normalized spacial score (nSPS) is 31.3. The van der Waals surface area contributed by atoms with Gasteiger partial charge in [0, 0.05) is 0 Å². The van der Waals surface area contributed by atoms with Gasteiger partial charge in [-0.3, -0.25) is 4.79 Å². The summed E-state index contributed by atoms with van der Waals surface area (Å²) in [5, 5.41) is 8.92. The highest BCUT2D eigenvalue weighted by molar-refractivity contribution is 5.75. The predicted octanol–water partition coefficient (Wildman–Crippen LogP) is 8.46. The van der Waals surface area contributed by atoms with Crippen LogP contribution in [-0.4, -0.2) is 5.97 Å². The zero-order chi connectivity index (χ0) is 23.8. The Hall–Kier alpha value is -1.82. The van der Waals surface area contributed by atoms with Gasteiger partial charge in [-0.25, -0.2) is 0 Å². The third-order valence-electron chi connectivity index (χ3n) is 9.45. The lowest BCUT2D eigenvalue weighted by Crippen LogP contribution is -2.35. The minimum atomic E-state index is -0.0834. The van der Waals surface area contributed by atoms with E-state index in [2.05, 4.69) is 13.0 Å². The monoisotopic (exact) mass is 463 g/mol. The molecule has 3 saturated carbocycles. The first-order valence-corrected chi connectivity index (χ1v) is 14.4. The second-order valence-corrected chi connectivity index (χ2v) is 11.6. The van der Waals surface area contributed by atoms with Crippen molar-refractivity contribution in [1.82, 2.24) is 0 Å². The molecule has 1 aromatic carbocycles. The molecule has 4 unspecified atom stereocenters. The van der Waals surface area contributed by atoms with E-state index in [1.165, 1.54) is 89.9 Å². The van der Waals surface area contributed by atoms with Gasteiger partial charge < -0.3 is 4.74 Å². The highest BCUT2D eigenvalue weighted by atomic mass is 16.5. The fourth-order valence-electron chi connectivity index (χ4n) is 7.37. The topological polar surface area (TPSA) is 50.1 Å². The van der Waals surface area contributed by atoms with E-state index in [1.54, 1.807) is 24.3 Å². The molecule has 0 N–H and O–H groups in total. The molecule has 34 heavy (non-hydrogen) atoms. The molecule has 0 bridgehead atoms. The van der Waals surface area contributed by atoms with E-state index in [0.29, 0.717) is 11.3 Å². The lowest BCUT2D eigenvalue weighted by atomic mass is 9.60. The van der Waals surface area contributed by atoms with Gasteiger partial charge in [-0.05, 0) is 112 Å². The SMILES string of the molecule is CCCCCCCC1CCC2CC(C3CCC(C(=O)Oc4ccc(C#N)cc4)CC3)CCC2C1. The van der Waals surface area contributed by atoms with Crippen molar-refractivity contribution >= 4 is 5.97 Å². The van der Waals surface area contributed by atoms with Crippen LogP contribution in [0.2, 0.25) is 0 Å². The summed E-state index contributed by atoms with van der Waals surface area (Å²) < 4.78 is 5.61. The molecule has 3 aliphatic rings. The molecule has 4 rings (SSSR count). The van der Waals surface area contributed by atoms with Crippen molar-refractivity contribution in [2.24, 2.45) is 35.5 Å². The molecular weight excluding hydrogens is 418 g/mol. The summed E-state index contributed by atoms with van der Waals surface area (Å²) in [6.45, 7) is 2.30. The van der Waals surface area contributed by atoms with Crippen molar-refractivity contribution in [3.05, 3.63) is 29.8 Å². The van der Waals surface area contributed by atoms with E-state index in [9.17, 15) is 4.79 Å². The smallest absolute Gasteiger partial charge is 0.314 e. The lowest BCUT2D eigenvalue weighted by Gasteiger charge is -2.45. The lowest BCUT2D eigenvalue weighted by molar-refractivity contribution is -0.140. The van der Waals surface area contributed by atoms with Crippen LogP contribution < -0.4 is 4.74 Å². The molecule has 0 aliphatic heterocycles. The van der Waals surface area contributed by atoms with Crippen LogP contribution in [0.3, 0.4) is 0 Å². The number of benzene rings is 1. The molecule has 0 amide bonds. The van der Waals surface area contributed by atoms with E-state index in [1.807, 2.05) is 0 Å². The van der Waals surface area contributed by atoms with Crippen molar-refractivity contribution in [1.29, 1.82) is 5.26 Å². The van der Waals surface area contributed by atoms with Crippen LogP contribution in [0.25, 0.3) is 0 Å². The summed E-state index contributed by atoms with van der Waals surface area (Å²) in [7, 11) is 0. The number of carbonyl (C=O) groups excluding carboxylic acids is 1. The van der Waals surface area contributed by atoms with Crippen LogP contribution >= 0.6 is 0 Å². The molecular formula is C31H45NO2. The van der Waals surface area contributed by atoms with Crippen molar-refractivity contribution in [3.63, 3.8) is 0 Å². The highest BCUT2D eigenvalue weighted by Gasteiger charge is 2.39. The Balaban J connectivity index is 1.16. The van der Waals surface area contributed by atoms with Crippen LogP contribution in [0.5, 0.6) is 5.75 Å². The quantitative estimate of drug-likeness (QED) is 0.210. The van der Waals surface area contributed by atoms with Crippen molar-refractivity contribution in [2.45, 2.75) is 110 Å². The Labute approximate surface area is 207 Å². The second kappa shape index (κ2) is 12.8. The Morgan fingerprint density at radius 3 is 2.15 bits per heavy atom. The molecule has 0 heterocycles. The highest BCUT2D eigenvalue weighted by Crippen LogP contribution is 2.49. The minimum Gasteiger partial charge on any atom is -0.426 e. The molecule has 3 heteroatoms. The summed E-state index contributed by atoms with van der Waals surface area (Å²) >= 11 is 0. The first kappa shape index (κ1) is 25.3. The number of ether oxygens (including phenoxy) is 1. The number of esters is 1. The van der Waals surface area contributed by atoms with Gasteiger partial charge in [0.2, 0.25) is 0 Å². The molecule has 3 nitrogen and oxygen atoms in total. The van der Waals surface area contributed by atoms with Crippen LogP contribution in [0.1, 0.15) is 115 Å². The van der Waals surface area contributed by atoms with E-state index >= 15 is 0 Å². The molecule has 0 aromatic heterocycles. The maximum Gasteiger partial charge on any atom is 0.314 e. The van der Waals surface area contributed by atoms with Crippen molar-refractivity contribution in [2.75, 3.05) is 0 Å². The van der Waals surface area contributed by atoms with Gasteiger partial charge in [0.05, 0.1) is 17.6 Å². The Bertz CT molecular complexity index is 802. The third-order valence-corrected chi connectivity index (χ3v) is 9.45. The van der Waals surface area contributed by atoms with E-state index in [0.717, 1.165) is 42.4 Å². The van der Waals surface area contributed by atoms with Crippen molar-refractivity contribution in [3.8, 4) is 11.8 Å². The summed E-state index contributed by atoms with van der Waals surface area (Å²) in [6, 6.07) is 8.96. The standard InChI is InChI=1S/C31H45NO2/c1-2-3-4-5-6-7-23-8-11-29-21-28(17-16-27(29)20-23)25-12-14-26(15-13-25)31(33)34-30-18-9-24(22-32)10-19-30/h9-10,18-19,23,25-29H,2-8,11-17,20-21H2,1H3. The number of rotatable bonds is 9. The zero-order valence-corrected chi connectivity index (χ0v) is 21.4. The van der Waals surface area contributed by atoms with Crippen molar-refractivity contribution < 1.29 is 9.53 Å². The van der Waals surface area contributed by atoms with Crippen LogP contribution in [0.4, 0.5) is 0 Å². The third kappa shape index (κ3) is 6.87. The van der Waals surface area contributed by atoms with E-state index in [4.69, 9.17) is 10.00 Å². The molecule has 1 aromatic rings. The van der Waals surface area contributed by atoms with Gasteiger partial charge in [0.25, 0.3) is 0 Å². The Kier molecular flexibility index (Phi) is 9.49. The first-order valence-electron chi connectivity index (χ1n) is 14.4. The summed E-state index contributed by atoms with van der Waals surface area (Å²) in [5.74, 6) is 5.21. The average Bonchev–Trinajstić information content (AvgIpc) is 2.88. The molecule has 0 radical (unpaired) electrons. The minimum absolute atomic E-state index is 0.0380. The van der Waals surface area contributed by atoms with Crippen LogP contribution in [0, 0.1) is 46.8 Å². The van der Waals surface area contributed by atoms with Crippen LogP contribution in [-0.2, 0) is 4.79 Å². The first-order chi connectivity index (χ1) is 16.7. The fraction of sp³-hybridized carbons (Fsp3) is 0.742. The zero-order valence-electron chi connectivity index (χ0n) is 21.4. The molecule has 0 spiro atoms. The molecule has 0 saturated heterocycles. The molecule has 4 atom stereocenters. The predicted molar refractivity (Wildman–Crippen MR) is 137 cm³/mol. The Morgan fingerprint density at radius 1 is 0.824 bits per heavy atom. The number of hydrogen-bond donors (Lipinski definition) is 0. The summed E-state index contributed by atoms with van der Waals surface area (Å²) in [5.41, 5.74) is 0.589.